The number of para-hydroxylation sites is 1. The largest absolute Gasteiger partial charge is 0.309 e. The molecule has 0 amide bonds. The fourth-order valence-corrected chi connectivity index (χ4v) is 2.53. The Morgan fingerprint density at radius 2 is 2.16 bits per heavy atom. The summed E-state index contributed by atoms with van der Waals surface area (Å²) in [5.74, 6) is 1.57. The van der Waals surface area contributed by atoms with E-state index in [4.69, 9.17) is 0 Å². The number of H-pyrrole nitrogens is 1. The molecule has 19 heavy (non-hydrogen) atoms. The average Bonchev–Trinajstić information content (AvgIpc) is 3.22. The van der Waals surface area contributed by atoms with Crippen LogP contribution in [0, 0.1) is 5.92 Å². The lowest BCUT2D eigenvalue weighted by molar-refractivity contribution is 0.221. The van der Waals surface area contributed by atoms with Crippen molar-refractivity contribution in [2.24, 2.45) is 5.92 Å². The van der Waals surface area contributed by atoms with Gasteiger partial charge >= 0.3 is 0 Å². The predicted octanol–water partition coefficient (Wildman–Crippen LogP) is 2.15. The van der Waals surface area contributed by atoms with Crippen molar-refractivity contribution in [3.8, 4) is 0 Å². The highest BCUT2D eigenvalue weighted by atomic mass is 16.1. The molecule has 1 N–H and O–H groups in total. The maximum Gasteiger partial charge on any atom is 0.258 e. The molecule has 4 heteroatoms. The molecule has 1 fully saturated rings. The summed E-state index contributed by atoms with van der Waals surface area (Å²) in [5.41, 5.74) is 0.724. The van der Waals surface area contributed by atoms with E-state index >= 15 is 0 Å². The summed E-state index contributed by atoms with van der Waals surface area (Å²) in [7, 11) is 2.10. The monoisotopic (exact) mass is 257 g/mol. The van der Waals surface area contributed by atoms with Crippen LogP contribution in [0.1, 0.15) is 25.6 Å². The third-order valence-electron chi connectivity index (χ3n) is 4.06. The number of hydrogen-bond acceptors (Lipinski definition) is 3. The van der Waals surface area contributed by atoms with Crippen LogP contribution in [0.5, 0.6) is 0 Å². The van der Waals surface area contributed by atoms with Crippen molar-refractivity contribution in [3.63, 3.8) is 0 Å². The van der Waals surface area contributed by atoms with E-state index in [9.17, 15) is 4.79 Å². The van der Waals surface area contributed by atoms with E-state index in [-0.39, 0.29) is 5.56 Å². The molecule has 0 saturated heterocycles. The maximum atomic E-state index is 12.0. The Labute approximate surface area is 112 Å². The molecule has 1 atom stereocenters. The molecular weight excluding hydrogens is 238 g/mol. The van der Waals surface area contributed by atoms with E-state index in [1.54, 1.807) is 0 Å². The van der Waals surface area contributed by atoms with Gasteiger partial charge in [0.15, 0.2) is 0 Å². The average molecular weight is 257 g/mol. The number of benzene rings is 1. The van der Waals surface area contributed by atoms with Crippen molar-refractivity contribution in [3.05, 3.63) is 40.4 Å². The second-order valence-corrected chi connectivity index (χ2v) is 5.52. The maximum absolute atomic E-state index is 12.0. The van der Waals surface area contributed by atoms with E-state index in [1.807, 2.05) is 24.3 Å². The fourth-order valence-electron chi connectivity index (χ4n) is 2.53. The van der Waals surface area contributed by atoms with E-state index in [1.165, 1.54) is 12.8 Å². The first-order valence-corrected chi connectivity index (χ1v) is 6.83. The number of aromatic amines is 1. The molecular formula is C15H19N3O. The van der Waals surface area contributed by atoms with Gasteiger partial charge in [0.2, 0.25) is 0 Å². The van der Waals surface area contributed by atoms with E-state index < -0.39 is 0 Å². The molecule has 0 spiro atoms. The zero-order chi connectivity index (χ0) is 13.4. The highest BCUT2D eigenvalue weighted by molar-refractivity contribution is 5.77. The standard InChI is InChI=1S/C15H19N3O/c1-10(11-7-8-11)18(2)9-14-16-13-6-4-3-5-12(13)15(19)17-14/h3-6,10-11H,7-9H2,1-2H3,(H,16,17,19). The fraction of sp³-hybridized carbons (Fsp3) is 0.467. The van der Waals surface area contributed by atoms with Gasteiger partial charge in [0, 0.05) is 6.04 Å². The van der Waals surface area contributed by atoms with E-state index in [2.05, 4.69) is 28.8 Å². The van der Waals surface area contributed by atoms with Crippen molar-refractivity contribution in [2.45, 2.75) is 32.4 Å². The smallest absolute Gasteiger partial charge is 0.258 e. The van der Waals surface area contributed by atoms with Gasteiger partial charge in [-0.2, -0.15) is 0 Å². The minimum absolute atomic E-state index is 0.0481. The summed E-state index contributed by atoms with van der Waals surface area (Å²) in [6, 6.07) is 8.02. The number of aromatic nitrogens is 2. The summed E-state index contributed by atoms with van der Waals surface area (Å²) in [6.07, 6.45) is 2.65. The van der Waals surface area contributed by atoms with Crippen molar-refractivity contribution < 1.29 is 0 Å². The molecule has 4 nitrogen and oxygen atoms in total. The summed E-state index contributed by atoms with van der Waals surface area (Å²) >= 11 is 0. The number of fused-ring (bicyclic) bond motifs is 1. The van der Waals surface area contributed by atoms with E-state index in [0.717, 1.165) is 17.3 Å². The Morgan fingerprint density at radius 1 is 1.42 bits per heavy atom. The van der Waals surface area contributed by atoms with Crippen molar-refractivity contribution in [1.82, 2.24) is 14.9 Å². The molecule has 1 heterocycles. The predicted molar refractivity (Wildman–Crippen MR) is 76.0 cm³/mol. The zero-order valence-corrected chi connectivity index (χ0v) is 11.4. The normalized spacial score (nSPS) is 17.0. The van der Waals surface area contributed by atoms with Crippen LogP contribution in [-0.4, -0.2) is 28.0 Å². The summed E-state index contributed by atoms with van der Waals surface area (Å²) in [6.45, 7) is 2.94. The van der Waals surface area contributed by atoms with Gasteiger partial charge in [-0.05, 0) is 44.9 Å². The lowest BCUT2D eigenvalue weighted by atomic mass is 10.2. The lowest BCUT2D eigenvalue weighted by Crippen LogP contribution is -2.31. The lowest BCUT2D eigenvalue weighted by Gasteiger charge is -2.23. The van der Waals surface area contributed by atoms with Crippen molar-refractivity contribution in [1.29, 1.82) is 0 Å². The first-order valence-electron chi connectivity index (χ1n) is 6.83. The molecule has 1 saturated carbocycles. The van der Waals surface area contributed by atoms with Crippen molar-refractivity contribution >= 4 is 10.9 Å². The van der Waals surface area contributed by atoms with Gasteiger partial charge in [0.25, 0.3) is 5.56 Å². The van der Waals surface area contributed by atoms with Crippen LogP contribution in [-0.2, 0) is 6.54 Å². The topological polar surface area (TPSA) is 49.0 Å². The Bertz CT molecular complexity index is 645. The summed E-state index contributed by atoms with van der Waals surface area (Å²) < 4.78 is 0. The van der Waals surface area contributed by atoms with Crippen molar-refractivity contribution in [2.75, 3.05) is 7.05 Å². The van der Waals surface area contributed by atoms with E-state index in [0.29, 0.717) is 18.0 Å². The second-order valence-electron chi connectivity index (χ2n) is 5.52. The van der Waals surface area contributed by atoms with Gasteiger partial charge < -0.3 is 4.98 Å². The number of nitrogens with zero attached hydrogens (tertiary/aromatic N) is 2. The Balaban J connectivity index is 1.86. The first-order chi connectivity index (χ1) is 9.15. The molecule has 0 radical (unpaired) electrons. The third kappa shape index (κ3) is 2.54. The zero-order valence-electron chi connectivity index (χ0n) is 11.4. The second kappa shape index (κ2) is 4.78. The molecule has 1 aliphatic rings. The van der Waals surface area contributed by atoms with Crippen LogP contribution < -0.4 is 5.56 Å². The van der Waals surface area contributed by atoms with Crippen LogP contribution >= 0.6 is 0 Å². The van der Waals surface area contributed by atoms with Gasteiger partial charge in [-0.1, -0.05) is 12.1 Å². The number of rotatable bonds is 4. The van der Waals surface area contributed by atoms with Crippen LogP contribution in [0.25, 0.3) is 10.9 Å². The molecule has 2 aromatic rings. The number of nitrogens with one attached hydrogen (secondary N) is 1. The van der Waals surface area contributed by atoms with Crippen LogP contribution in [0.15, 0.2) is 29.1 Å². The molecule has 100 valence electrons. The molecule has 1 aliphatic carbocycles. The van der Waals surface area contributed by atoms with Gasteiger partial charge in [0.1, 0.15) is 5.82 Å². The Morgan fingerprint density at radius 3 is 2.89 bits per heavy atom. The van der Waals surface area contributed by atoms with Gasteiger partial charge in [-0.3, -0.25) is 9.69 Å². The molecule has 1 unspecified atom stereocenters. The summed E-state index contributed by atoms with van der Waals surface area (Å²) in [5, 5.41) is 0.657. The molecule has 0 aliphatic heterocycles. The van der Waals surface area contributed by atoms with Crippen LogP contribution in [0.3, 0.4) is 0 Å². The summed E-state index contributed by atoms with van der Waals surface area (Å²) in [4.78, 5) is 21.7. The van der Waals surface area contributed by atoms with Gasteiger partial charge in [-0.25, -0.2) is 4.98 Å². The molecule has 1 aromatic carbocycles. The minimum Gasteiger partial charge on any atom is -0.309 e. The minimum atomic E-state index is -0.0481. The molecule has 1 aromatic heterocycles. The van der Waals surface area contributed by atoms with Crippen LogP contribution in [0.2, 0.25) is 0 Å². The molecule has 0 bridgehead atoms. The van der Waals surface area contributed by atoms with Crippen LogP contribution in [0.4, 0.5) is 0 Å². The SMILES string of the molecule is CC(C1CC1)N(C)Cc1nc2ccccc2c(=O)[nH]1. The Kier molecular flexibility index (Phi) is 3.11. The highest BCUT2D eigenvalue weighted by Crippen LogP contribution is 2.34. The van der Waals surface area contributed by atoms with Gasteiger partial charge in [0.05, 0.1) is 17.4 Å². The third-order valence-corrected chi connectivity index (χ3v) is 4.06. The highest BCUT2D eigenvalue weighted by Gasteiger charge is 2.30. The van der Waals surface area contributed by atoms with Gasteiger partial charge in [-0.15, -0.1) is 0 Å². The number of hydrogen-bond donors (Lipinski definition) is 1. The quantitative estimate of drug-likeness (QED) is 0.913. The first kappa shape index (κ1) is 12.4. The Hall–Kier alpha value is -1.68. The molecule has 3 rings (SSSR count).